The maximum atomic E-state index is 11.7. The molecule has 19 heavy (non-hydrogen) atoms. The molecule has 1 atom stereocenters. The van der Waals surface area contributed by atoms with Crippen LogP contribution in [0.2, 0.25) is 0 Å². The molecule has 0 spiro atoms. The van der Waals surface area contributed by atoms with Crippen LogP contribution in [0.3, 0.4) is 0 Å². The topological polar surface area (TPSA) is 60.9 Å². The Kier molecular flexibility index (Phi) is 4.16. The van der Waals surface area contributed by atoms with Crippen molar-refractivity contribution in [1.29, 1.82) is 0 Å². The summed E-state index contributed by atoms with van der Waals surface area (Å²) in [5.41, 5.74) is 1.05. The summed E-state index contributed by atoms with van der Waals surface area (Å²) in [5, 5.41) is 8.88. The van der Waals surface area contributed by atoms with Crippen LogP contribution >= 0.6 is 0 Å². The Morgan fingerprint density at radius 3 is 2.53 bits per heavy atom. The van der Waals surface area contributed by atoms with Crippen LogP contribution in [0.15, 0.2) is 30.3 Å². The summed E-state index contributed by atoms with van der Waals surface area (Å²) in [4.78, 5) is 26.2. The van der Waals surface area contributed by atoms with Gasteiger partial charge in [0.15, 0.2) is 0 Å². The van der Waals surface area contributed by atoms with Crippen LogP contribution in [0, 0.1) is 0 Å². The molecular weight excluding hydrogens is 244 g/mol. The SMILES string of the molecule is CC(=O)N1CCN(CC(=O)O)CC1c1ccccc1. The van der Waals surface area contributed by atoms with Gasteiger partial charge in [0.05, 0.1) is 12.6 Å². The molecule has 1 saturated heterocycles. The van der Waals surface area contributed by atoms with Gasteiger partial charge in [-0.15, -0.1) is 0 Å². The molecule has 1 unspecified atom stereocenters. The van der Waals surface area contributed by atoms with Crippen molar-refractivity contribution in [2.45, 2.75) is 13.0 Å². The van der Waals surface area contributed by atoms with Crippen molar-refractivity contribution < 1.29 is 14.7 Å². The van der Waals surface area contributed by atoms with E-state index in [9.17, 15) is 9.59 Å². The third-order valence-electron chi connectivity index (χ3n) is 3.41. The van der Waals surface area contributed by atoms with Gasteiger partial charge < -0.3 is 10.0 Å². The molecule has 0 aliphatic carbocycles. The van der Waals surface area contributed by atoms with Gasteiger partial charge in [0.1, 0.15) is 0 Å². The van der Waals surface area contributed by atoms with Gasteiger partial charge in [0, 0.05) is 26.6 Å². The van der Waals surface area contributed by atoms with Crippen LogP contribution < -0.4 is 0 Å². The first-order valence-electron chi connectivity index (χ1n) is 6.34. The van der Waals surface area contributed by atoms with Gasteiger partial charge in [-0.05, 0) is 5.56 Å². The van der Waals surface area contributed by atoms with Gasteiger partial charge in [-0.25, -0.2) is 0 Å². The van der Waals surface area contributed by atoms with E-state index in [1.165, 1.54) is 0 Å². The first-order chi connectivity index (χ1) is 9.08. The quantitative estimate of drug-likeness (QED) is 0.882. The van der Waals surface area contributed by atoms with Crippen molar-refractivity contribution >= 4 is 11.9 Å². The zero-order valence-corrected chi connectivity index (χ0v) is 11.0. The van der Waals surface area contributed by atoms with Crippen LogP contribution in [-0.4, -0.2) is 53.0 Å². The number of nitrogens with zero attached hydrogens (tertiary/aromatic N) is 2. The average molecular weight is 262 g/mol. The molecule has 1 aliphatic heterocycles. The fraction of sp³-hybridized carbons (Fsp3) is 0.429. The van der Waals surface area contributed by atoms with Crippen LogP contribution in [0.4, 0.5) is 0 Å². The number of carbonyl (C=O) groups excluding carboxylic acids is 1. The lowest BCUT2D eigenvalue weighted by Gasteiger charge is -2.40. The molecule has 5 nitrogen and oxygen atoms in total. The van der Waals surface area contributed by atoms with E-state index in [0.717, 1.165) is 5.56 Å². The van der Waals surface area contributed by atoms with Gasteiger partial charge in [-0.1, -0.05) is 30.3 Å². The lowest BCUT2D eigenvalue weighted by Crippen LogP contribution is -2.51. The van der Waals surface area contributed by atoms with E-state index in [-0.39, 0.29) is 18.5 Å². The minimum atomic E-state index is -0.830. The molecular formula is C14H18N2O3. The summed E-state index contributed by atoms with van der Waals surface area (Å²) in [6.45, 7) is 3.32. The summed E-state index contributed by atoms with van der Waals surface area (Å²) >= 11 is 0. The number of benzene rings is 1. The number of piperazine rings is 1. The Morgan fingerprint density at radius 1 is 1.26 bits per heavy atom. The van der Waals surface area contributed by atoms with Crippen molar-refractivity contribution in [3.05, 3.63) is 35.9 Å². The van der Waals surface area contributed by atoms with Gasteiger partial charge in [-0.3, -0.25) is 14.5 Å². The minimum Gasteiger partial charge on any atom is -0.480 e. The zero-order chi connectivity index (χ0) is 13.8. The Balaban J connectivity index is 2.18. The Hall–Kier alpha value is -1.88. The van der Waals surface area contributed by atoms with Crippen molar-refractivity contribution in [3.63, 3.8) is 0 Å². The predicted molar refractivity (Wildman–Crippen MR) is 70.6 cm³/mol. The number of carbonyl (C=O) groups is 2. The molecule has 1 amide bonds. The van der Waals surface area contributed by atoms with Crippen LogP contribution in [0.5, 0.6) is 0 Å². The summed E-state index contributed by atoms with van der Waals surface area (Å²) in [6, 6.07) is 9.69. The van der Waals surface area contributed by atoms with E-state index >= 15 is 0 Å². The van der Waals surface area contributed by atoms with E-state index in [2.05, 4.69) is 0 Å². The number of aliphatic carboxylic acids is 1. The summed E-state index contributed by atoms with van der Waals surface area (Å²) < 4.78 is 0. The van der Waals surface area contributed by atoms with Crippen molar-refractivity contribution in [2.24, 2.45) is 0 Å². The fourth-order valence-corrected chi connectivity index (χ4v) is 2.51. The molecule has 1 N–H and O–H groups in total. The summed E-state index contributed by atoms with van der Waals surface area (Å²) in [7, 11) is 0. The van der Waals surface area contributed by atoms with E-state index in [1.807, 2.05) is 40.1 Å². The van der Waals surface area contributed by atoms with Gasteiger partial charge in [0.25, 0.3) is 0 Å². The van der Waals surface area contributed by atoms with Crippen LogP contribution in [0.25, 0.3) is 0 Å². The van der Waals surface area contributed by atoms with E-state index in [1.54, 1.807) is 6.92 Å². The van der Waals surface area contributed by atoms with Crippen molar-refractivity contribution in [2.75, 3.05) is 26.2 Å². The fourth-order valence-electron chi connectivity index (χ4n) is 2.51. The molecule has 0 aromatic heterocycles. The molecule has 0 bridgehead atoms. The Morgan fingerprint density at radius 2 is 1.95 bits per heavy atom. The second-order valence-corrected chi connectivity index (χ2v) is 4.77. The maximum Gasteiger partial charge on any atom is 0.317 e. The van der Waals surface area contributed by atoms with Crippen LogP contribution in [0.1, 0.15) is 18.5 Å². The minimum absolute atomic E-state index is 0.0229. The molecule has 102 valence electrons. The lowest BCUT2D eigenvalue weighted by atomic mass is 10.0. The monoisotopic (exact) mass is 262 g/mol. The van der Waals surface area contributed by atoms with E-state index in [4.69, 9.17) is 5.11 Å². The molecule has 1 aromatic carbocycles. The second kappa shape index (κ2) is 5.84. The van der Waals surface area contributed by atoms with Gasteiger partial charge >= 0.3 is 5.97 Å². The highest BCUT2D eigenvalue weighted by Gasteiger charge is 2.30. The maximum absolute atomic E-state index is 11.7. The van der Waals surface area contributed by atoms with Crippen molar-refractivity contribution in [1.82, 2.24) is 9.80 Å². The highest BCUT2D eigenvalue weighted by Crippen LogP contribution is 2.25. The highest BCUT2D eigenvalue weighted by molar-refractivity contribution is 5.74. The second-order valence-electron chi connectivity index (χ2n) is 4.77. The number of carboxylic acid groups (broad SMARTS) is 1. The van der Waals surface area contributed by atoms with Gasteiger partial charge in [0.2, 0.25) is 5.91 Å². The molecule has 1 aromatic rings. The van der Waals surface area contributed by atoms with E-state index < -0.39 is 5.97 Å². The van der Waals surface area contributed by atoms with Crippen molar-refractivity contribution in [3.8, 4) is 0 Å². The number of hydrogen-bond acceptors (Lipinski definition) is 3. The average Bonchev–Trinajstić information content (AvgIpc) is 2.38. The number of hydrogen-bond donors (Lipinski definition) is 1. The molecule has 1 aliphatic rings. The lowest BCUT2D eigenvalue weighted by molar-refractivity contribution is -0.140. The predicted octanol–water partition coefficient (Wildman–Crippen LogP) is 0.976. The molecule has 0 saturated carbocycles. The first-order valence-corrected chi connectivity index (χ1v) is 6.34. The summed E-state index contributed by atoms with van der Waals surface area (Å²) in [5.74, 6) is -0.799. The zero-order valence-electron chi connectivity index (χ0n) is 11.0. The molecule has 1 heterocycles. The largest absolute Gasteiger partial charge is 0.480 e. The first kappa shape index (κ1) is 13.5. The van der Waals surface area contributed by atoms with Crippen LogP contribution in [-0.2, 0) is 9.59 Å². The molecule has 5 heteroatoms. The molecule has 1 fully saturated rings. The third-order valence-corrected chi connectivity index (χ3v) is 3.41. The number of amides is 1. The van der Waals surface area contributed by atoms with Gasteiger partial charge in [-0.2, -0.15) is 0 Å². The smallest absolute Gasteiger partial charge is 0.317 e. The Bertz CT molecular complexity index is 461. The molecule has 2 rings (SSSR count). The normalized spacial score (nSPS) is 20.3. The standard InChI is InChI=1S/C14H18N2O3/c1-11(17)16-8-7-15(10-14(18)19)9-13(16)12-5-3-2-4-6-12/h2-6,13H,7-10H2,1H3,(H,18,19). The Labute approximate surface area is 112 Å². The van der Waals surface area contributed by atoms with E-state index in [0.29, 0.717) is 19.6 Å². The third kappa shape index (κ3) is 3.32. The summed E-state index contributed by atoms with van der Waals surface area (Å²) in [6.07, 6.45) is 0. The molecule has 0 radical (unpaired) electrons. The number of rotatable bonds is 3. The highest BCUT2D eigenvalue weighted by atomic mass is 16.4. The number of carboxylic acids is 1.